The summed E-state index contributed by atoms with van der Waals surface area (Å²) in [5.74, 6) is 0.0278. The molecule has 0 radical (unpaired) electrons. The summed E-state index contributed by atoms with van der Waals surface area (Å²) in [5, 5.41) is 3.14. The predicted octanol–water partition coefficient (Wildman–Crippen LogP) is 6.41. The number of carbonyl (C=O) groups is 1. The number of hydrogen-bond donors (Lipinski definition) is 1. The summed E-state index contributed by atoms with van der Waals surface area (Å²) in [6.45, 7) is 5.32. The van der Waals surface area contributed by atoms with E-state index in [1.807, 2.05) is 12.1 Å². The second-order valence-electron chi connectivity index (χ2n) is 10.2. The first-order valence-electron chi connectivity index (χ1n) is 13.7. The number of hydrogen-bond acceptors (Lipinski definition) is 2. The summed E-state index contributed by atoms with van der Waals surface area (Å²) in [4.78, 5) is 15.4. The highest BCUT2D eigenvalue weighted by Crippen LogP contribution is 2.34. The van der Waals surface area contributed by atoms with E-state index in [9.17, 15) is 4.79 Å². The lowest BCUT2D eigenvalue weighted by Gasteiger charge is -2.35. The van der Waals surface area contributed by atoms with Crippen LogP contribution in [0.15, 0.2) is 60.7 Å². The number of aromatic nitrogens is 1. The van der Waals surface area contributed by atoms with E-state index in [2.05, 4.69) is 70.2 Å². The summed E-state index contributed by atoms with van der Waals surface area (Å²) in [5.41, 5.74) is 7.26. The van der Waals surface area contributed by atoms with Crippen molar-refractivity contribution in [1.29, 1.82) is 0 Å². The van der Waals surface area contributed by atoms with Crippen LogP contribution in [0.2, 0.25) is 0 Å². The fourth-order valence-electron chi connectivity index (χ4n) is 5.98. The first-order chi connectivity index (χ1) is 17.2. The molecular formula is C31H39N3O. The van der Waals surface area contributed by atoms with Crippen LogP contribution in [0.1, 0.15) is 73.5 Å². The Balaban J connectivity index is 1.25. The molecule has 1 fully saturated rings. The van der Waals surface area contributed by atoms with E-state index in [1.165, 1.54) is 67.6 Å². The molecule has 1 atom stereocenters. The maximum Gasteiger partial charge on any atom is 0.251 e. The molecular weight excluding hydrogens is 430 g/mol. The maximum atomic E-state index is 12.8. The molecule has 0 bridgehead atoms. The third-order valence-corrected chi connectivity index (χ3v) is 7.89. The number of fused-ring (bicyclic) bond motifs is 1. The Hall–Kier alpha value is -2.85. The molecule has 184 valence electrons. The van der Waals surface area contributed by atoms with Crippen molar-refractivity contribution >= 4 is 5.91 Å². The van der Waals surface area contributed by atoms with E-state index in [-0.39, 0.29) is 5.91 Å². The number of amides is 1. The molecule has 0 saturated carbocycles. The Kier molecular flexibility index (Phi) is 7.68. The summed E-state index contributed by atoms with van der Waals surface area (Å²) in [7, 11) is 0. The van der Waals surface area contributed by atoms with Crippen LogP contribution in [-0.2, 0) is 12.8 Å². The number of likely N-dealkylation sites (tertiary alicyclic amines) is 1. The lowest BCUT2D eigenvalue weighted by Crippen LogP contribution is -2.40. The van der Waals surface area contributed by atoms with Gasteiger partial charge in [-0.2, -0.15) is 0 Å². The first kappa shape index (κ1) is 23.9. The lowest BCUT2D eigenvalue weighted by atomic mass is 9.98. The highest BCUT2D eigenvalue weighted by Gasteiger charge is 2.21. The van der Waals surface area contributed by atoms with Gasteiger partial charge in [0, 0.05) is 36.1 Å². The van der Waals surface area contributed by atoms with Gasteiger partial charge in [-0.15, -0.1) is 0 Å². The SMILES string of the molecule is CC[C@@H]1CCCCN1CCCNC(=O)c1ccc(-n2c(-c3ccccc3)cc3c2CCCC3)cc1. The summed E-state index contributed by atoms with van der Waals surface area (Å²) in [6, 6.07) is 21.9. The molecule has 4 nitrogen and oxygen atoms in total. The number of aryl methyl sites for hydroxylation is 1. The number of carbonyl (C=O) groups excluding carboxylic acids is 1. The lowest BCUT2D eigenvalue weighted by molar-refractivity contribution is 0.0947. The maximum absolute atomic E-state index is 12.8. The van der Waals surface area contributed by atoms with Gasteiger partial charge in [-0.1, -0.05) is 43.7 Å². The largest absolute Gasteiger partial charge is 0.352 e. The van der Waals surface area contributed by atoms with E-state index >= 15 is 0 Å². The van der Waals surface area contributed by atoms with Crippen LogP contribution in [0, 0.1) is 0 Å². The smallest absolute Gasteiger partial charge is 0.251 e. The van der Waals surface area contributed by atoms with Crippen LogP contribution in [0.3, 0.4) is 0 Å². The minimum Gasteiger partial charge on any atom is -0.352 e. The molecule has 1 aliphatic heterocycles. The Labute approximate surface area is 210 Å². The van der Waals surface area contributed by atoms with Gasteiger partial charge in [0.05, 0.1) is 5.69 Å². The van der Waals surface area contributed by atoms with Gasteiger partial charge >= 0.3 is 0 Å². The zero-order valence-corrected chi connectivity index (χ0v) is 21.1. The molecule has 4 heteroatoms. The molecule has 5 rings (SSSR count). The molecule has 2 heterocycles. The number of nitrogens with zero attached hydrogens (tertiary/aromatic N) is 2. The van der Waals surface area contributed by atoms with Crippen molar-refractivity contribution in [3.63, 3.8) is 0 Å². The van der Waals surface area contributed by atoms with E-state index in [0.29, 0.717) is 0 Å². The highest BCUT2D eigenvalue weighted by atomic mass is 16.1. The Bertz CT molecular complexity index is 1120. The standard InChI is InChI=1S/C31H39N3O/c1-2-27-14-8-9-21-33(27)22-10-20-32-31(35)25-16-18-28(19-17-25)34-29-15-7-6-13-26(29)23-30(34)24-11-4-3-5-12-24/h3-5,11-12,16-19,23,27H,2,6-10,13-15,20-22H2,1H3,(H,32,35)/t27-/m1/s1. The Morgan fingerprint density at radius 2 is 1.77 bits per heavy atom. The van der Waals surface area contributed by atoms with Gasteiger partial charge in [0.1, 0.15) is 0 Å². The highest BCUT2D eigenvalue weighted by molar-refractivity contribution is 5.94. The van der Waals surface area contributed by atoms with E-state index in [1.54, 1.807) is 0 Å². The normalized spacial score (nSPS) is 18.3. The minimum atomic E-state index is 0.0278. The molecule has 2 aliphatic rings. The molecule has 1 aliphatic carbocycles. The Morgan fingerprint density at radius 1 is 0.971 bits per heavy atom. The number of rotatable bonds is 8. The Morgan fingerprint density at radius 3 is 2.57 bits per heavy atom. The van der Waals surface area contributed by atoms with Crippen molar-refractivity contribution < 1.29 is 4.79 Å². The van der Waals surface area contributed by atoms with Crippen LogP contribution in [0.25, 0.3) is 16.9 Å². The number of piperidine rings is 1. The average molecular weight is 470 g/mol. The van der Waals surface area contributed by atoms with Gasteiger partial charge in [0.2, 0.25) is 0 Å². The van der Waals surface area contributed by atoms with Gasteiger partial charge in [-0.25, -0.2) is 0 Å². The van der Waals surface area contributed by atoms with Gasteiger partial charge in [0.15, 0.2) is 0 Å². The molecule has 1 amide bonds. The van der Waals surface area contributed by atoms with Crippen LogP contribution >= 0.6 is 0 Å². The van der Waals surface area contributed by atoms with Crippen molar-refractivity contribution in [2.75, 3.05) is 19.6 Å². The predicted molar refractivity (Wildman–Crippen MR) is 144 cm³/mol. The molecule has 2 aromatic carbocycles. The van der Waals surface area contributed by atoms with Gasteiger partial charge in [0.25, 0.3) is 5.91 Å². The fourth-order valence-corrected chi connectivity index (χ4v) is 5.98. The average Bonchev–Trinajstić information content (AvgIpc) is 3.31. The summed E-state index contributed by atoms with van der Waals surface area (Å²) < 4.78 is 2.41. The number of nitrogens with one attached hydrogen (secondary N) is 1. The second kappa shape index (κ2) is 11.3. The van der Waals surface area contributed by atoms with Crippen molar-refractivity contribution in [2.24, 2.45) is 0 Å². The molecule has 1 N–H and O–H groups in total. The molecule has 0 spiro atoms. The molecule has 1 aromatic heterocycles. The van der Waals surface area contributed by atoms with E-state index in [4.69, 9.17) is 0 Å². The van der Waals surface area contributed by atoms with E-state index < -0.39 is 0 Å². The van der Waals surface area contributed by atoms with E-state index in [0.717, 1.165) is 49.6 Å². The van der Waals surface area contributed by atoms with Gasteiger partial charge in [-0.3, -0.25) is 4.79 Å². The second-order valence-corrected chi connectivity index (χ2v) is 10.2. The van der Waals surface area contributed by atoms with Gasteiger partial charge < -0.3 is 14.8 Å². The molecule has 1 saturated heterocycles. The first-order valence-corrected chi connectivity index (χ1v) is 13.7. The minimum absolute atomic E-state index is 0.0278. The monoisotopic (exact) mass is 469 g/mol. The van der Waals surface area contributed by atoms with Crippen molar-refractivity contribution in [3.05, 3.63) is 77.5 Å². The van der Waals surface area contributed by atoms with Crippen LogP contribution < -0.4 is 5.32 Å². The summed E-state index contributed by atoms with van der Waals surface area (Å²) >= 11 is 0. The fraction of sp³-hybridized carbons (Fsp3) is 0.452. The third kappa shape index (κ3) is 5.38. The third-order valence-electron chi connectivity index (χ3n) is 7.89. The van der Waals surface area contributed by atoms with Crippen molar-refractivity contribution in [3.8, 4) is 16.9 Å². The van der Waals surface area contributed by atoms with Crippen LogP contribution in [-0.4, -0.2) is 41.1 Å². The van der Waals surface area contributed by atoms with Gasteiger partial charge in [-0.05, 0) is 99.4 Å². The molecule has 0 unspecified atom stereocenters. The molecule has 35 heavy (non-hydrogen) atoms. The van der Waals surface area contributed by atoms with Crippen LogP contribution in [0.4, 0.5) is 0 Å². The molecule has 3 aromatic rings. The zero-order chi connectivity index (χ0) is 24.0. The zero-order valence-electron chi connectivity index (χ0n) is 21.1. The quantitative estimate of drug-likeness (QED) is 0.387. The van der Waals surface area contributed by atoms with Crippen molar-refractivity contribution in [2.45, 2.75) is 70.8 Å². The number of benzene rings is 2. The summed E-state index contributed by atoms with van der Waals surface area (Å²) in [6.07, 6.45) is 11.0. The topological polar surface area (TPSA) is 37.3 Å². The van der Waals surface area contributed by atoms with Crippen LogP contribution in [0.5, 0.6) is 0 Å². The van der Waals surface area contributed by atoms with Crippen molar-refractivity contribution in [1.82, 2.24) is 14.8 Å².